The maximum absolute atomic E-state index is 12.3. The van der Waals surface area contributed by atoms with Gasteiger partial charge in [-0.1, -0.05) is 12.1 Å². The summed E-state index contributed by atoms with van der Waals surface area (Å²) in [4.78, 5) is 13.5. The molecule has 136 valence electrons. The number of amides is 1. The Hall–Kier alpha value is -1.56. The van der Waals surface area contributed by atoms with E-state index in [0.29, 0.717) is 18.1 Å². The van der Waals surface area contributed by atoms with Gasteiger partial charge in [-0.3, -0.25) is 4.79 Å². The summed E-state index contributed by atoms with van der Waals surface area (Å²) in [6, 6.07) is 11.4. The first-order chi connectivity index (χ1) is 11.8. The van der Waals surface area contributed by atoms with Crippen LogP contribution in [0.2, 0.25) is 0 Å². The molecule has 25 heavy (non-hydrogen) atoms. The summed E-state index contributed by atoms with van der Waals surface area (Å²) in [5, 5.41) is 8.46. The van der Waals surface area contributed by atoms with E-state index in [2.05, 4.69) is 10.6 Å². The number of carbonyl (C=O) groups is 1. The van der Waals surface area contributed by atoms with Gasteiger partial charge in [0.05, 0.1) is 0 Å². The van der Waals surface area contributed by atoms with Crippen molar-refractivity contribution < 1.29 is 9.53 Å². The van der Waals surface area contributed by atoms with Crippen molar-refractivity contribution >= 4 is 29.7 Å². The predicted octanol–water partition coefficient (Wildman–Crippen LogP) is 3.87. The Morgan fingerprint density at radius 1 is 1.32 bits per heavy atom. The van der Waals surface area contributed by atoms with Gasteiger partial charge in [-0.15, -0.1) is 23.7 Å². The van der Waals surface area contributed by atoms with E-state index in [0.717, 1.165) is 31.8 Å². The fourth-order valence-electron chi connectivity index (χ4n) is 2.94. The van der Waals surface area contributed by atoms with E-state index >= 15 is 0 Å². The molecule has 6 heteroatoms. The van der Waals surface area contributed by atoms with Gasteiger partial charge in [0.25, 0.3) is 5.91 Å². The van der Waals surface area contributed by atoms with Gasteiger partial charge in [0.15, 0.2) is 0 Å². The molecular formula is C19H25ClN2O2S. The molecule has 3 rings (SSSR count). The van der Waals surface area contributed by atoms with Gasteiger partial charge in [-0.05, 0) is 67.9 Å². The minimum atomic E-state index is -0.0275. The van der Waals surface area contributed by atoms with Crippen molar-refractivity contribution in [2.24, 2.45) is 5.92 Å². The predicted molar refractivity (Wildman–Crippen MR) is 105 cm³/mol. The third kappa shape index (κ3) is 6.34. The molecule has 0 bridgehead atoms. The molecule has 1 aromatic carbocycles. The lowest BCUT2D eigenvalue weighted by atomic mass is 9.96. The van der Waals surface area contributed by atoms with Crippen molar-refractivity contribution in [3.63, 3.8) is 0 Å². The third-order valence-corrected chi connectivity index (χ3v) is 5.14. The highest BCUT2D eigenvalue weighted by atomic mass is 35.5. The van der Waals surface area contributed by atoms with Gasteiger partial charge in [-0.2, -0.15) is 0 Å². The molecule has 0 aliphatic carbocycles. The van der Waals surface area contributed by atoms with Crippen LogP contribution in [0.3, 0.4) is 0 Å². The normalized spacial score (nSPS) is 16.7. The van der Waals surface area contributed by atoms with Crippen molar-refractivity contribution in [1.82, 2.24) is 10.6 Å². The number of piperidine rings is 1. The largest absolute Gasteiger partial charge is 0.488 e. The first-order valence-corrected chi connectivity index (χ1v) is 9.43. The summed E-state index contributed by atoms with van der Waals surface area (Å²) < 4.78 is 5.76. The molecule has 1 saturated heterocycles. The summed E-state index contributed by atoms with van der Waals surface area (Å²) in [6.07, 6.45) is 3.53. The van der Waals surface area contributed by atoms with Crippen LogP contribution in [0.4, 0.5) is 0 Å². The van der Waals surface area contributed by atoms with Crippen molar-refractivity contribution in [3.8, 4) is 5.75 Å². The molecule has 2 aromatic rings. The van der Waals surface area contributed by atoms with Crippen LogP contribution in [0.25, 0.3) is 0 Å². The molecule has 1 aromatic heterocycles. The summed E-state index contributed by atoms with van der Waals surface area (Å²) in [5.41, 5.74) is 0.653. The van der Waals surface area contributed by atoms with Crippen LogP contribution in [0.15, 0.2) is 41.8 Å². The lowest BCUT2D eigenvalue weighted by molar-refractivity contribution is 0.0950. The smallest absolute Gasteiger partial charge is 0.251 e. The van der Waals surface area contributed by atoms with Crippen LogP contribution >= 0.6 is 23.7 Å². The summed E-state index contributed by atoms with van der Waals surface area (Å²) in [7, 11) is 0. The fourth-order valence-corrected chi connectivity index (χ4v) is 3.55. The van der Waals surface area contributed by atoms with Crippen LogP contribution in [-0.2, 0) is 6.61 Å². The van der Waals surface area contributed by atoms with Gasteiger partial charge in [-0.25, -0.2) is 0 Å². The van der Waals surface area contributed by atoms with Crippen LogP contribution in [-0.4, -0.2) is 25.5 Å². The number of carbonyl (C=O) groups excluding carboxylic acids is 1. The van der Waals surface area contributed by atoms with Crippen LogP contribution < -0.4 is 15.4 Å². The van der Waals surface area contributed by atoms with E-state index < -0.39 is 0 Å². The zero-order valence-electron chi connectivity index (χ0n) is 14.2. The Kier molecular flexibility index (Phi) is 8.25. The Labute approximate surface area is 159 Å². The van der Waals surface area contributed by atoms with E-state index in [1.54, 1.807) is 11.3 Å². The topological polar surface area (TPSA) is 50.4 Å². The molecule has 0 radical (unpaired) electrons. The second-order valence-corrected chi connectivity index (χ2v) is 7.19. The van der Waals surface area contributed by atoms with Crippen molar-refractivity contribution in [1.29, 1.82) is 0 Å². The fraction of sp³-hybridized carbons (Fsp3) is 0.421. The number of hydrogen-bond acceptors (Lipinski definition) is 4. The van der Waals surface area contributed by atoms with Crippen molar-refractivity contribution in [2.45, 2.75) is 25.9 Å². The number of rotatable bonds is 7. The number of hydrogen-bond donors (Lipinski definition) is 2. The van der Waals surface area contributed by atoms with Gasteiger partial charge < -0.3 is 15.4 Å². The van der Waals surface area contributed by atoms with Gasteiger partial charge in [0, 0.05) is 17.0 Å². The molecule has 0 saturated carbocycles. The molecule has 1 aliphatic heterocycles. The average Bonchev–Trinajstić information content (AvgIpc) is 3.15. The van der Waals surface area contributed by atoms with E-state index in [1.165, 1.54) is 17.7 Å². The lowest BCUT2D eigenvalue weighted by Gasteiger charge is -2.22. The van der Waals surface area contributed by atoms with Crippen molar-refractivity contribution in [2.75, 3.05) is 19.6 Å². The zero-order valence-corrected chi connectivity index (χ0v) is 15.8. The Balaban J connectivity index is 0.00000225. The van der Waals surface area contributed by atoms with E-state index in [-0.39, 0.29) is 18.3 Å². The molecule has 1 atom stereocenters. The van der Waals surface area contributed by atoms with Crippen LogP contribution in [0.5, 0.6) is 5.75 Å². The lowest BCUT2D eigenvalue weighted by Crippen LogP contribution is -2.33. The molecule has 1 unspecified atom stereocenters. The zero-order chi connectivity index (χ0) is 16.6. The molecule has 1 aliphatic rings. The number of halogens is 1. The molecule has 2 N–H and O–H groups in total. The third-order valence-electron chi connectivity index (χ3n) is 4.29. The highest BCUT2D eigenvalue weighted by Crippen LogP contribution is 2.17. The van der Waals surface area contributed by atoms with Crippen LogP contribution in [0, 0.1) is 5.92 Å². The Bertz CT molecular complexity index is 643. The summed E-state index contributed by atoms with van der Waals surface area (Å²) in [6.45, 7) is 3.46. The molecule has 0 spiro atoms. The SMILES string of the molecule is Cl.O=C(NCCC1CCCNC1)c1cccc(OCc2cccs2)c1. The number of nitrogens with one attached hydrogen (secondary N) is 2. The average molecular weight is 381 g/mol. The van der Waals surface area contributed by atoms with Crippen molar-refractivity contribution in [3.05, 3.63) is 52.2 Å². The highest BCUT2D eigenvalue weighted by molar-refractivity contribution is 7.09. The summed E-state index contributed by atoms with van der Waals surface area (Å²) >= 11 is 1.67. The quantitative estimate of drug-likeness (QED) is 0.766. The number of benzene rings is 1. The molecule has 1 fully saturated rings. The Morgan fingerprint density at radius 3 is 3.00 bits per heavy atom. The highest BCUT2D eigenvalue weighted by Gasteiger charge is 2.13. The minimum absolute atomic E-state index is 0. The van der Waals surface area contributed by atoms with E-state index in [1.807, 2.05) is 41.8 Å². The maximum Gasteiger partial charge on any atom is 0.251 e. The first-order valence-electron chi connectivity index (χ1n) is 8.55. The minimum Gasteiger partial charge on any atom is -0.488 e. The van der Waals surface area contributed by atoms with E-state index in [4.69, 9.17) is 4.74 Å². The molecule has 1 amide bonds. The second-order valence-electron chi connectivity index (χ2n) is 6.15. The first kappa shape index (κ1) is 19.8. The maximum atomic E-state index is 12.3. The molecule has 4 nitrogen and oxygen atoms in total. The van der Waals surface area contributed by atoms with Gasteiger partial charge in [0.1, 0.15) is 12.4 Å². The Morgan fingerprint density at radius 2 is 2.24 bits per heavy atom. The summed E-state index contributed by atoms with van der Waals surface area (Å²) in [5.74, 6) is 1.38. The number of thiophene rings is 1. The molecule has 2 heterocycles. The number of ether oxygens (including phenoxy) is 1. The van der Waals surface area contributed by atoms with Gasteiger partial charge in [0.2, 0.25) is 0 Å². The second kappa shape index (κ2) is 10.4. The standard InChI is InChI=1S/C19H24N2O2S.ClH/c22-19(21-10-8-15-4-2-9-20-13-15)16-5-1-6-17(12-16)23-14-18-7-3-11-24-18;/h1,3,5-7,11-12,15,20H,2,4,8-10,13-14H2,(H,21,22);1H. The van der Waals surface area contributed by atoms with Gasteiger partial charge >= 0.3 is 0 Å². The van der Waals surface area contributed by atoms with E-state index in [9.17, 15) is 4.79 Å². The monoisotopic (exact) mass is 380 g/mol. The molecular weight excluding hydrogens is 356 g/mol. The van der Waals surface area contributed by atoms with Crippen LogP contribution in [0.1, 0.15) is 34.5 Å².